The highest BCUT2D eigenvalue weighted by molar-refractivity contribution is 5.34. The van der Waals surface area contributed by atoms with Crippen LogP contribution in [-0.4, -0.2) is 49.2 Å². The van der Waals surface area contributed by atoms with Crippen LogP contribution in [0.25, 0.3) is 0 Å². The first-order chi connectivity index (χ1) is 8.15. The molecule has 0 atom stereocenters. The standard InChI is InChI=1S/C12H22N4O/c1-10-8-11(13-2)15-12(14-10)9-16(3)6-5-7-17-4/h8H,5-7,9H2,1-4H3,(H,13,14,15). The fourth-order valence-corrected chi connectivity index (χ4v) is 1.63. The molecule has 5 nitrogen and oxygen atoms in total. The van der Waals surface area contributed by atoms with Crippen molar-refractivity contribution in [1.82, 2.24) is 14.9 Å². The Balaban J connectivity index is 2.52. The topological polar surface area (TPSA) is 50.3 Å². The van der Waals surface area contributed by atoms with Gasteiger partial charge in [0, 0.05) is 39.1 Å². The number of nitrogens with zero attached hydrogens (tertiary/aromatic N) is 3. The van der Waals surface area contributed by atoms with Gasteiger partial charge in [0.25, 0.3) is 0 Å². The number of nitrogens with one attached hydrogen (secondary N) is 1. The van der Waals surface area contributed by atoms with Crippen LogP contribution in [-0.2, 0) is 11.3 Å². The molecule has 1 aromatic heterocycles. The Morgan fingerprint density at radius 1 is 1.41 bits per heavy atom. The summed E-state index contributed by atoms with van der Waals surface area (Å²) in [7, 11) is 5.66. The van der Waals surface area contributed by atoms with Crippen LogP contribution in [0.4, 0.5) is 5.82 Å². The van der Waals surface area contributed by atoms with Crippen molar-refractivity contribution < 1.29 is 4.74 Å². The smallest absolute Gasteiger partial charge is 0.144 e. The monoisotopic (exact) mass is 238 g/mol. The highest BCUT2D eigenvalue weighted by atomic mass is 16.5. The van der Waals surface area contributed by atoms with E-state index in [2.05, 4.69) is 27.2 Å². The maximum atomic E-state index is 5.03. The number of hydrogen-bond acceptors (Lipinski definition) is 5. The average Bonchev–Trinajstić information content (AvgIpc) is 2.28. The van der Waals surface area contributed by atoms with Gasteiger partial charge in [-0.25, -0.2) is 9.97 Å². The fraction of sp³-hybridized carbons (Fsp3) is 0.667. The van der Waals surface area contributed by atoms with Crippen molar-refractivity contribution in [3.05, 3.63) is 17.6 Å². The number of rotatable bonds is 7. The second-order valence-electron chi connectivity index (χ2n) is 4.14. The van der Waals surface area contributed by atoms with Gasteiger partial charge in [0.05, 0.1) is 6.54 Å². The first-order valence-corrected chi connectivity index (χ1v) is 5.85. The van der Waals surface area contributed by atoms with Crippen molar-refractivity contribution in [3.63, 3.8) is 0 Å². The highest BCUT2D eigenvalue weighted by Crippen LogP contribution is 2.06. The molecule has 96 valence electrons. The van der Waals surface area contributed by atoms with Gasteiger partial charge in [-0.05, 0) is 20.4 Å². The van der Waals surface area contributed by atoms with E-state index in [9.17, 15) is 0 Å². The molecule has 1 aromatic rings. The largest absolute Gasteiger partial charge is 0.385 e. The van der Waals surface area contributed by atoms with Crippen molar-refractivity contribution in [2.75, 3.05) is 39.7 Å². The molecule has 0 aliphatic heterocycles. The van der Waals surface area contributed by atoms with Crippen molar-refractivity contribution in [3.8, 4) is 0 Å². The van der Waals surface area contributed by atoms with Crippen LogP contribution in [0.15, 0.2) is 6.07 Å². The van der Waals surface area contributed by atoms with E-state index in [1.807, 2.05) is 20.0 Å². The van der Waals surface area contributed by atoms with E-state index in [0.717, 1.165) is 43.5 Å². The summed E-state index contributed by atoms with van der Waals surface area (Å²) in [5.74, 6) is 1.73. The zero-order valence-corrected chi connectivity index (χ0v) is 11.2. The molecule has 1 rings (SSSR count). The van der Waals surface area contributed by atoms with Gasteiger partial charge in [-0.2, -0.15) is 0 Å². The second kappa shape index (κ2) is 7.19. The van der Waals surface area contributed by atoms with E-state index in [4.69, 9.17) is 4.74 Å². The van der Waals surface area contributed by atoms with Gasteiger partial charge < -0.3 is 10.1 Å². The summed E-state index contributed by atoms with van der Waals surface area (Å²) >= 11 is 0. The maximum absolute atomic E-state index is 5.03. The van der Waals surface area contributed by atoms with Gasteiger partial charge >= 0.3 is 0 Å². The molecule has 0 unspecified atom stereocenters. The minimum absolute atomic E-state index is 0.764. The summed E-state index contributed by atoms with van der Waals surface area (Å²) in [5.41, 5.74) is 0.990. The van der Waals surface area contributed by atoms with Crippen LogP contribution in [0.2, 0.25) is 0 Å². The van der Waals surface area contributed by atoms with Crippen molar-refractivity contribution in [2.45, 2.75) is 19.9 Å². The van der Waals surface area contributed by atoms with E-state index in [1.165, 1.54) is 0 Å². The Labute approximate surface area is 103 Å². The second-order valence-corrected chi connectivity index (χ2v) is 4.14. The predicted octanol–water partition coefficient (Wildman–Crippen LogP) is 1.30. The summed E-state index contributed by atoms with van der Waals surface area (Å²) in [4.78, 5) is 11.1. The Morgan fingerprint density at radius 2 is 2.18 bits per heavy atom. The third-order valence-electron chi connectivity index (χ3n) is 2.46. The van der Waals surface area contributed by atoms with Gasteiger partial charge in [0.1, 0.15) is 11.6 Å². The van der Waals surface area contributed by atoms with E-state index < -0.39 is 0 Å². The van der Waals surface area contributed by atoms with Crippen molar-refractivity contribution in [2.24, 2.45) is 0 Å². The van der Waals surface area contributed by atoms with E-state index in [0.29, 0.717) is 0 Å². The van der Waals surface area contributed by atoms with Crippen LogP contribution in [0.1, 0.15) is 17.9 Å². The van der Waals surface area contributed by atoms with Gasteiger partial charge in [0.15, 0.2) is 0 Å². The SMILES string of the molecule is CNc1cc(C)nc(CN(C)CCCOC)n1. The summed E-state index contributed by atoms with van der Waals surface area (Å²) in [6.07, 6.45) is 1.03. The normalized spacial score (nSPS) is 10.9. The van der Waals surface area contributed by atoms with Crippen LogP contribution in [0, 0.1) is 6.92 Å². The molecule has 1 N–H and O–H groups in total. The molecule has 1 heterocycles. The molecule has 0 saturated heterocycles. The zero-order chi connectivity index (χ0) is 12.7. The average molecular weight is 238 g/mol. The summed E-state index contributed by atoms with van der Waals surface area (Å²) < 4.78 is 5.03. The lowest BCUT2D eigenvalue weighted by Crippen LogP contribution is -2.22. The Morgan fingerprint density at radius 3 is 2.82 bits per heavy atom. The molecule has 0 amide bonds. The zero-order valence-electron chi connectivity index (χ0n) is 11.2. The van der Waals surface area contributed by atoms with Crippen LogP contribution >= 0.6 is 0 Å². The molecule has 0 aliphatic carbocycles. The molecular weight excluding hydrogens is 216 g/mol. The van der Waals surface area contributed by atoms with E-state index in [-0.39, 0.29) is 0 Å². The molecular formula is C12H22N4O. The lowest BCUT2D eigenvalue weighted by molar-refractivity contribution is 0.177. The molecule has 5 heteroatoms. The summed E-state index contributed by atoms with van der Waals surface area (Å²) in [5, 5.41) is 3.04. The van der Waals surface area contributed by atoms with Crippen molar-refractivity contribution >= 4 is 5.82 Å². The number of hydrogen-bond donors (Lipinski definition) is 1. The quantitative estimate of drug-likeness (QED) is 0.726. The highest BCUT2D eigenvalue weighted by Gasteiger charge is 2.05. The first kappa shape index (κ1) is 13.9. The molecule has 17 heavy (non-hydrogen) atoms. The third kappa shape index (κ3) is 5.10. The Kier molecular flexibility index (Phi) is 5.86. The molecule has 0 aromatic carbocycles. The number of aryl methyl sites for hydroxylation is 1. The molecule has 0 bridgehead atoms. The summed E-state index contributed by atoms with van der Waals surface area (Å²) in [6, 6.07) is 1.94. The van der Waals surface area contributed by atoms with Gasteiger partial charge in [-0.1, -0.05) is 0 Å². The van der Waals surface area contributed by atoms with Crippen LogP contribution in [0.5, 0.6) is 0 Å². The Hall–Kier alpha value is -1.20. The van der Waals surface area contributed by atoms with Gasteiger partial charge in [0.2, 0.25) is 0 Å². The lowest BCUT2D eigenvalue weighted by Gasteiger charge is -2.15. The number of ether oxygens (including phenoxy) is 1. The first-order valence-electron chi connectivity index (χ1n) is 5.85. The summed E-state index contributed by atoms with van der Waals surface area (Å²) in [6.45, 7) is 4.53. The fourth-order valence-electron chi connectivity index (χ4n) is 1.63. The van der Waals surface area contributed by atoms with Crippen molar-refractivity contribution in [1.29, 1.82) is 0 Å². The minimum atomic E-state index is 0.764. The van der Waals surface area contributed by atoms with E-state index >= 15 is 0 Å². The minimum Gasteiger partial charge on any atom is -0.385 e. The molecule has 0 saturated carbocycles. The Bertz CT molecular complexity index is 343. The molecule has 0 radical (unpaired) electrons. The van der Waals surface area contributed by atoms with Crippen LogP contribution in [0.3, 0.4) is 0 Å². The molecule has 0 fully saturated rings. The van der Waals surface area contributed by atoms with Gasteiger partial charge in [-0.3, -0.25) is 4.90 Å². The molecule has 0 spiro atoms. The molecule has 0 aliphatic rings. The van der Waals surface area contributed by atoms with E-state index in [1.54, 1.807) is 7.11 Å². The predicted molar refractivity (Wildman–Crippen MR) is 69.1 cm³/mol. The number of aromatic nitrogens is 2. The maximum Gasteiger partial charge on any atom is 0.144 e. The number of anilines is 1. The third-order valence-corrected chi connectivity index (χ3v) is 2.46. The lowest BCUT2D eigenvalue weighted by atomic mass is 10.3. The number of methoxy groups -OCH3 is 1. The van der Waals surface area contributed by atoms with Crippen LogP contribution < -0.4 is 5.32 Å². The van der Waals surface area contributed by atoms with Gasteiger partial charge in [-0.15, -0.1) is 0 Å².